The van der Waals surface area contributed by atoms with Gasteiger partial charge in [-0.05, 0) is 36.6 Å². The van der Waals surface area contributed by atoms with Crippen molar-refractivity contribution < 1.29 is 23.1 Å². The molecule has 1 amide bonds. The average molecular weight is 297 g/mol. The predicted octanol–water partition coefficient (Wildman–Crippen LogP) is 0.549. The molecule has 2 N–H and O–H groups in total. The molecule has 2 rings (SSSR count). The highest BCUT2D eigenvalue weighted by atomic mass is 32.2. The molecule has 1 aromatic carbocycles. The fourth-order valence-corrected chi connectivity index (χ4v) is 4.00. The maximum Gasteiger partial charge on any atom is 0.335 e. The number of carboxylic acid groups (broad SMARTS) is 1. The second kappa shape index (κ2) is 5.62. The lowest BCUT2D eigenvalue weighted by Crippen LogP contribution is -2.29. The molecule has 1 heterocycles. The Kier molecular flexibility index (Phi) is 4.08. The monoisotopic (exact) mass is 297 g/mol. The number of aromatic carboxylic acids is 1. The zero-order valence-electron chi connectivity index (χ0n) is 10.7. The van der Waals surface area contributed by atoms with Gasteiger partial charge in [0.2, 0.25) is 0 Å². The number of rotatable bonds is 4. The quantitative estimate of drug-likeness (QED) is 0.845. The summed E-state index contributed by atoms with van der Waals surface area (Å²) in [7, 11) is -2.94. The molecule has 1 aromatic rings. The third-order valence-corrected chi connectivity index (χ3v) is 5.11. The molecule has 1 atom stereocenters. The summed E-state index contributed by atoms with van der Waals surface area (Å²) in [4.78, 5) is 22.5. The van der Waals surface area contributed by atoms with Crippen molar-refractivity contribution in [3.63, 3.8) is 0 Å². The number of carbonyl (C=O) groups excluding carboxylic acids is 1. The van der Waals surface area contributed by atoms with Crippen LogP contribution in [0.5, 0.6) is 0 Å². The molecule has 20 heavy (non-hydrogen) atoms. The number of carboxylic acids is 1. The number of amides is 1. The van der Waals surface area contributed by atoms with E-state index >= 15 is 0 Å². The summed E-state index contributed by atoms with van der Waals surface area (Å²) in [5, 5.41) is 11.4. The zero-order chi connectivity index (χ0) is 14.8. The lowest BCUT2D eigenvalue weighted by Gasteiger charge is -2.09. The third-order valence-electron chi connectivity index (χ3n) is 3.27. The first-order valence-electron chi connectivity index (χ1n) is 6.19. The van der Waals surface area contributed by atoms with Gasteiger partial charge < -0.3 is 10.4 Å². The summed E-state index contributed by atoms with van der Waals surface area (Å²) in [6, 6.07) is 5.59. The van der Waals surface area contributed by atoms with Gasteiger partial charge in [0.25, 0.3) is 5.91 Å². The van der Waals surface area contributed by atoms with Crippen LogP contribution in [0.1, 0.15) is 27.1 Å². The maximum atomic E-state index is 11.8. The lowest BCUT2D eigenvalue weighted by molar-refractivity contribution is 0.0696. The van der Waals surface area contributed by atoms with Gasteiger partial charge in [-0.1, -0.05) is 0 Å². The van der Waals surface area contributed by atoms with Crippen LogP contribution in [0.2, 0.25) is 0 Å². The van der Waals surface area contributed by atoms with Gasteiger partial charge in [0.05, 0.1) is 17.1 Å². The minimum absolute atomic E-state index is 0.0396. The van der Waals surface area contributed by atoms with E-state index in [1.54, 1.807) is 0 Å². The van der Waals surface area contributed by atoms with Gasteiger partial charge in [0.1, 0.15) is 0 Å². The van der Waals surface area contributed by atoms with E-state index in [2.05, 4.69) is 5.32 Å². The minimum atomic E-state index is -2.94. The van der Waals surface area contributed by atoms with E-state index in [9.17, 15) is 18.0 Å². The van der Waals surface area contributed by atoms with E-state index in [0.29, 0.717) is 18.5 Å². The zero-order valence-corrected chi connectivity index (χ0v) is 11.5. The van der Waals surface area contributed by atoms with Gasteiger partial charge in [-0.3, -0.25) is 4.79 Å². The van der Waals surface area contributed by atoms with Gasteiger partial charge >= 0.3 is 5.97 Å². The standard InChI is InChI=1S/C13H15NO5S/c15-12(10-1-3-11(4-2-10)13(16)17)14-7-9-5-6-20(18,19)8-9/h1-4,9H,5-8H2,(H,14,15)(H,16,17). The molecule has 6 nitrogen and oxygen atoms in total. The Morgan fingerprint density at radius 3 is 2.30 bits per heavy atom. The van der Waals surface area contributed by atoms with E-state index in [4.69, 9.17) is 5.11 Å². The highest BCUT2D eigenvalue weighted by Crippen LogP contribution is 2.17. The SMILES string of the molecule is O=C(O)c1ccc(C(=O)NCC2CCS(=O)(=O)C2)cc1. The summed E-state index contributed by atoms with van der Waals surface area (Å²) in [6.45, 7) is 0.318. The first-order chi connectivity index (χ1) is 9.37. The van der Waals surface area contributed by atoms with Crippen molar-refractivity contribution >= 4 is 21.7 Å². The van der Waals surface area contributed by atoms with Crippen molar-refractivity contribution in [1.82, 2.24) is 5.32 Å². The molecular weight excluding hydrogens is 282 g/mol. The number of nitrogens with one attached hydrogen (secondary N) is 1. The van der Waals surface area contributed by atoms with Crippen molar-refractivity contribution in [2.24, 2.45) is 5.92 Å². The van der Waals surface area contributed by atoms with Gasteiger partial charge in [0, 0.05) is 12.1 Å². The fourth-order valence-electron chi connectivity index (χ4n) is 2.14. The molecule has 0 saturated carbocycles. The molecule has 0 radical (unpaired) electrons. The van der Waals surface area contributed by atoms with Crippen molar-refractivity contribution in [2.75, 3.05) is 18.1 Å². The molecule has 108 valence electrons. The molecule has 1 fully saturated rings. The molecule has 1 aliphatic rings. The van der Waals surface area contributed by atoms with Crippen LogP contribution >= 0.6 is 0 Å². The van der Waals surface area contributed by atoms with E-state index in [-0.39, 0.29) is 28.9 Å². The van der Waals surface area contributed by atoms with Crippen LogP contribution < -0.4 is 5.32 Å². The molecule has 0 aliphatic carbocycles. The van der Waals surface area contributed by atoms with Crippen LogP contribution in [-0.4, -0.2) is 43.5 Å². The van der Waals surface area contributed by atoms with Gasteiger partial charge in [0.15, 0.2) is 9.84 Å². The lowest BCUT2D eigenvalue weighted by atomic mass is 10.1. The largest absolute Gasteiger partial charge is 0.478 e. The van der Waals surface area contributed by atoms with E-state index < -0.39 is 15.8 Å². The highest BCUT2D eigenvalue weighted by Gasteiger charge is 2.27. The van der Waals surface area contributed by atoms with Crippen molar-refractivity contribution in [1.29, 1.82) is 0 Å². The molecular formula is C13H15NO5S. The predicted molar refractivity (Wildman–Crippen MR) is 72.5 cm³/mol. The van der Waals surface area contributed by atoms with Crippen LogP contribution in [0.25, 0.3) is 0 Å². The second-order valence-corrected chi connectivity index (χ2v) is 7.09. The van der Waals surface area contributed by atoms with E-state index in [1.807, 2.05) is 0 Å². The minimum Gasteiger partial charge on any atom is -0.478 e. The average Bonchev–Trinajstić information content (AvgIpc) is 2.75. The van der Waals surface area contributed by atoms with Crippen LogP contribution in [0, 0.1) is 5.92 Å². The molecule has 7 heteroatoms. The number of sulfone groups is 1. The van der Waals surface area contributed by atoms with Crippen molar-refractivity contribution in [3.05, 3.63) is 35.4 Å². The smallest absolute Gasteiger partial charge is 0.335 e. The number of hydrogen-bond acceptors (Lipinski definition) is 4. The Morgan fingerprint density at radius 1 is 1.20 bits per heavy atom. The van der Waals surface area contributed by atoms with Crippen molar-refractivity contribution in [2.45, 2.75) is 6.42 Å². The molecule has 1 saturated heterocycles. The van der Waals surface area contributed by atoms with Gasteiger partial charge in [-0.15, -0.1) is 0 Å². The van der Waals surface area contributed by atoms with Crippen molar-refractivity contribution in [3.8, 4) is 0 Å². The Balaban J connectivity index is 1.90. The Labute approximate surface area is 116 Å². The van der Waals surface area contributed by atoms with Crippen LogP contribution in [0.4, 0.5) is 0 Å². The topological polar surface area (TPSA) is 101 Å². The van der Waals surface area contributed by atoms with Crippen LogP contribution in [0.15, 0.2) is 24.3 Å². The third kappa shape index (κ3) is 3.57. The first-order valence-corrected chi connectivity index (χ1v) is 8.01. The molecule has 0 spiro atoms. The normalized spacial score (nSPS) is 20.5. The summed E-state index contributed by atoms with van der Waals surface area (Å²) in [5.74, 6) is -1.12. The molecule has 1 aliphatic heterocycles. The summed E-state index contributed by atoms with van der Waals surface area (Å²) in [6.07, 6.45) is 0.570. The number of benzene rings is 1. The van der Waals surface area contributed by atoms with E-state index in [1.165, 1.54) is 24.3 Å². The van der Waals surface area contributed by atoms with E-state index in [0.717, 1.165) is 0 Å². The second-order valence-electron chi connectivity index (χ2n) is 4.86. The highest BCUT2D eigenvalue weighted by molar-refractivity contribution is 7.91. The van der Waals surface area contributed by atoms with Crippen LogP contribution in [-0.2, 0) is 9.84 Å². The maximum absolute atomic E-state index is 11.8. The summed E-state index contributed by atoms with van der Waals surface area (Å²) >= 11 is 0. The number of hydrogen-bond donors (Lipinski definition) is 2. The van der Waals surface area contributed by atoms with Gasteiger partial charge in [-0.2, -0.15) is 0 Å². The Morgan fingerprint density at radius 2 is 1.80 bits per heavy atom. The molecule has 0 bridgehead atoms. The first kappa shape index (κ1) is 14.5. The molecule has 1 unspecified atom stereocenters. The van der Waals surface area contributed by atoms with Gasteiger partial charge in [-0.25, -0.2) is 13.2 Å². The van der Waals surface area contributed by atoms with Crippen LogP contribution in [0.3, 0.4) is 0 Å². The Bertz CT molecular complexity index is 621. The fraction of sp³-hybridized carbons (Fsp3) is 0.385. The Hall–Kier alpha value is -1.89. The summed E-state index contributed by atoms with van der Waals surface area (Å²) < 4.78 is 22.6. The summed E-state index contributed by atoms with van der Waals surface area (Å²) in [5.41, 5.74) is 0.472. The molecule has 0 aromatic heterocycles. The number of carbonyl (C=O) groups is 2.